The fraction of sp³-hybridized carbons (Fsp3) is 0.353. The van der Waals surface area contributed by atoms with Crippen LogP contribution in [0.1, 0.15) is 11.1 Å². The van der Waals surface area contributed by atoms with E-state index in [0.29, 0.717) is 10.0 Å². The molecule has 0 spiro atoms. The lowest BCUT2D eigenvalue weighted by atomic mass is 10.1. The molecule has 2 aromatic rings. The van der Waals surface area contributed by atoms with Crippen molar-refractivity contribution in [2.24, 2.45) is 0 Å². The molecule has 1 N–H and O–H groups in total. The topological polar surface area (TPSA) is 75.7 Å². The van der Waals surface area contributed by atoms with E-state index in [2.05, 4.69) is 5.32 Å². The molecule has 2 rings (SSSR count). The number of methoxy groups -OCH3 is 1. The smallest absolute Gasteiger partial charge is 0.253 e. The summed E-state index contributed by atoms with van der Waals surface area (Å²) >= 11 is 6.81. The van der Waals surface area contributed by atoms with E-state index in [9.17, 15) is 13.2 Å². The zero-order valence-corrected chi connectivity index (χ0v) is 17.2. The minimum absolute atomic E-state index is 0.0641. The van der Waals surface area contributed by atoms with Crippen LogP contribution in [0, 0.1) is 13.8 Å². The SMILES string of the molecule is COCCN(CC(=O)Nc1cccc(C)c1C)S(=O)(=O)c1ccc(Cl)s1. The summed E-state index contributed by atoms with van der Waals surface area (Å²) in [6, 6.07) is 8.52. The molecular weight excluding hydrogens is 396 g/mol. The van der Waals surface area contributed by atoms with Gasteiger partial charge in [-0.15, -0.1) is 11.3 Å². The zero-order valence-electron chi connectivity index (χ0n) is 14.8. The molecule has 0 bridgehead atoms. The summed E-state index contributed by atoms with van der Waals surface area (Å²) in [5.41, 5.74) is 2.65. The van der Waals surface area contributed by atoms with Crippen molar-refractivity contribution in [3.8, 4) is 0 Å². The number of thiophene rings is 1. The van der Waals surface area contributed by atoms with Crippen molar-refractivity contribution in [1.82, 2.24) is 4.31 Å². The number of anilines is 1. The molecule has 0 fully saturated rings. The van der Waals surface area contributed by atoms with Gasteiger partial charge in [-0.05, 0) is 43.2 Å². The Kier molecular flexibility index (Phi) is 7.19. The van der Waals surface area contributed by atoms with Crippen LogP contribution >= 0.6 is 22.9 Å². The fourth-order valence-corrected chi connectivity index (χ4v) is 5.29. The highest BCUT2D eigenvalue weighted by atomic mass is 35.5. The number of carbonyl (C=O) groups excluding carboxylic acids is 1. The van der Waals surface area contributed by atoms with E-state index < -0.39 is 15.9 Å². The quantitative estimate of drug-likeness (QED) is 0.716. The normalized spacial score (nSPS) is 11.7. The highest BCUT2D eigenvalue weighted by Crippen LogP contribution is 2.28. The summed E-state index contributed by atoms with van der Waals surface area (Å²) in [5.74, 6) is -0.416. The molecule has 142 valence electrons. The van der Waals surface area contributed by atoms with Gasteiger partial charge < -0.3 is 10.1 Å². The van der Waals surface area contributed by atoms with Crippen LogP contribution in [0.5, 0.6) is 0 Å². The third-order valence-electron chi connectivity index (χ3n) is 3.89. The third-order valence-corrected chi connectivity index (χ3v) is 7.43. The molecule has 0 radical (unpaired) electrons. The van der Waals surface area contributed by atoms with E-state index in [0.717, 1.165) is 26.8 Å². The molecule has 1 heterocycles. The summed E-state index contributed by atoms with van der Waals surface area (Å²) in [7, 11) is -2.36. The lowest BCUT2D eigenvalue weighted by molar-refractivity contribution is -0.116. The predicted octanol–water partition coefficient (Wildman–Crippen LogP) is 3.29. The number of benzene rings is 1. The maximum absolute atomic E-state index is 12.8. The molecular formula is C17H21ClN2O4S2. The van der Waals surface area contributed by atoms with Crippen LogP contribution < -0.4 is 5.32 Å². The van der Waals surface area contributed by atoms with Crippen molar-refractivity contribution in [2.75, 3.05) is 32.1 Å². The van der Waals surface area contributed by atoms with Gasteiger partial charge in [-0.2, -0.15) is 4.31 Å². The maximum Gasteiger partial charge on any atom is 0.253 e. The monoisotopic (exact) mass is 416 g/mol. The Morgan fingerprint density at radius 2 is 2.00 bits per heavy atom. The number of ether oxygens (including phenoxy) is 1. The summed E-state index contributed by atoms with van der Waals surface area (Å²) in [6.45, 7) is 3.77. The molecule has 26 heavy (non-hydrogen) atoms. The Labute approximate surface area is 162 Å². The number of halogens is 1. The van der Waals surface area contributed by atoms with Crippen LogP contribution in [0.4, 0.5) is 5.69 Å². The Balaban J connectivity index is 2.19. The van der Waals surface area contributed by atoms with Gasteiger partial charge in [0.2, 0.25) is 5.91 Å². The molecule has 0 unspecified atom stereocenters. The maximum atomic E-state index is 12.8. The van der Waals surface area contributed by atoms with E-state index in [1.165, 1.54) is 19.2 Å². The summed E-state index contributed by atoms with van der Waals surface area (Å²) < 4.78 is 32.2. The number of carbonyl (C=O) groups is 1. The standard InChI is InChI=1S/C17H21ClN2O4S2/c1-12-5-4-6-14(13(12)2)19-16(21)11-20(9-10-24-3)26(22,23)17-8-7-15(18)25-17/h4-8H,9-11H2,1-3H3,(H,19,21). The molecule has 0 saturated heterocycles. The number of nitrogens with one attached hydrogen (secondary N) is 1. The second kappa shape index (κ2) is 8.96. The Morgan fingerprint density at radius 1 is 1.27 bits per heavy atom. The second-order valence-electron chi connectivity index (χ2n) is 5.69. The molecule has 0 atom stereocenters. The summed E-state index contributed by atoms with van der Waals surface area (Å²) in [4.78, 5) is 12.5. The number of rotatable bonds is 8. The van der Waals surface area contributed by atoms with Crippen LogP contribution in [-0.4, -0.2) is 45.4 Å². The highest BCUT2D eigenvalue weighted by molar-refractivity contribution is 7.91. The van der Waals surface area contributed by atoms with Crippen molar-refractivity contribution in [2.45, 2.75) is 18.1 Å². The first-order valence-electron chi connectivity index (χ1n) is 7.86. The highest BCUT2D eigenvalue weighted by Gasteiger charge is 2.28. The van der Waals surface area contributed by atoms with Crippen LogP contribution in [0.25, 0.3) is 0 Å². The average molecular weight is 417 g/mol. The number of nitrogens with zero attached hydrogens (tertiary/aromatic N) is 1. The molecule has 6 nitrogen and oxygen atoms in total. The Morgan fingerprint density at radius 3 is 2.62 bits per heavy atom. The molecule has 1 aromatic carbocycles. The van der Waals surface area contributed by atoms with Crippen molar-refractivity contribution >= 4 is 44.6 Å². The van der Waals surface area contributed by atoms with Gasteiger partial charge in [-0.3, -0.25) is 4.79 Å². The molecule has 0 aliphatic heterocycles. The van der Waals surface area contributed by atoms with Crippen molar-refractivity contribution < 1.29 is 17.9 Å². The second-order valence-corrected chi connectivity index (χ2v) is 9.57. The van der Waals surface area contributed by atoms with E-state index in [1.807, 2.05) is 26.0 Å². The zero-order chi connectivity index (χ0) is 19.3. The molecule has 0 aliphatic carbocycles. The minimum Gasteiger partial charge on any atom is -0.383 e. The number of sulfonamides is 1. The lowest BCUT2D eigenvalue weighted by Gasteiger charge is -2.21. The summed E-state index contributed by atoms with van der Waals surface area (Å²) in [5, 5.41) is 2.78. The van der Waals surface area contributed by atoms with Crippen LogP contribution in [-0.2, 0) is 19.6 Å². The molecule has 9 heteroatoms. The molecule has 0 saturated carbocycles. The van der Waals surface area contributed by atoms with Gasteiger partial charge in [0, 0.05) is 19.3 Å². The van der Waals surface area contributed by atoms with E-state index in [1.54, 1.807) is 6.07 Å². The van der Waals surface area contributed by atoms with Gasteiger partial charge in [-0.1, -0.05) is 23.7 Å². The Bertz CT molecular complexity index is 881. The van der Waals surface area contributed by atoms with Crippen molar-refractivity contribution in [3.63, 3.8) is 0 Å². The van der Waals surface area contributed by atoms with Gasteiger partial charge in [0.15, 0.2) is 0 Å². The molecule has 0 aliphatic rings. The summed E-state index contributed by atoms with van der Waals surface area (Å²) in [6.07, 6.45) is 0. The van der Waals surface area contributed by atoms with Crippen LogP contribution in [0.15, 0.2) is 34.5 Å². The van der Waals surface area contributed by atoms with Crippen LogP contribution in [0.3, 0.4) is 0 Å². The first-order chi connectivity index (χ1) is 12.3. The fourth-order valence-electron chi connectivity index (χ4n) is 2.28. The van der Waals surface area contributed by atoms with Gasteiger partial charge in [0.1, 0.15) is 4.21 Å². The number of aryl methyl sites for hydroxylation is 1. The lowest BCUT2D eigenvalue weighted by Crippen LogP contribution is -2.39. The van der Waals surface area contributed by atoms with Gasteiger partial charge in [0.05, 0.1) is 17.5 Å². The number of hydrogen-bond acceptors (Lipinski definition) is 5. The van der Waals surface area contributed by atoms with Crippen LogP contribution in [0.2, 0.25) is 4.34 Å². The van der Waals surface area contributed by atoms with Crippen molar-refractivity contribution in [1.29, 1.82) is 0 Å². The largest absolute Gasteiger partial charge is 0.383 e. The van der Waals surface area contributed by atoms with Gasteiger partial charge in [-0.25, -0.2) is 8.42 Å². The van der Waals surface area contributed by atoms with E-state index >= 15 is 0 Å². The number of amides is 1. The predicted molar refractivity (Wildman–Crippen MR) is 105 cm³/mol. The average Bonchev–Trinajstić information content (AvgIpc) is 3.03. The van der Waals surface area contributed by atoms with Gasteiger partial charge in [0.25, 0.3) is 10.0 Å². The molecule has 1 amide bonds. The number of hydrogen-bond donors (Lipinski definition) is 1. The molecule has 1 aromatic heterocycles. The first-order valence-corrected chi connectivity index (χ1v) is 10.5. The first kappa shape index (κ1) is 20.9. The van der Waals surface area contributed by atoms with Gasteiger partial charge >= 0.3 is 0 Å². The third kappa shape index (κ3) is 5.05. The van der Waals surface area contributed by atoms with E-state index in [4.69, 9.17) is 16.3 Å². The Hall–Kier alpha value is -1.45. The van der Waals surface area contributed by atoms with Crippen molar-refractivity contribution in [3.05, 3.63) is 45.8 Å². The minimum atomic E-state index is -3.83. The van der Waals surface area contributed by atoms with E-state index in [-0.39, 0.29) is 23.9 Å².